The van der Waals surface area contributed by atoms with E-state index in [0.29, 0.717) is 0 Å². The van der Waals surface area contributed by atoms with Crippen molar-refractivity contribution < 1.29 is 9.68 Å². The van der Waals surface area contributed by atoms with E-state index in [1.54, 1.807) is 0 Å². The fourth-order valence-electron chi connectivity index (χ4n) is 1.98. The Bertz CT molecular complexity index is 570. The Morgan fingerprint density at radius 3 is 2.33 bits per heavy atom. The van der Waals surface area contributed by atoms with Crippen molar-refractivity contribution in [3.8, 4) is 0 Å². The zero-order valence-corrected chi connectivity index (χ0v) is 11.2. The molecule has 0 amide bonds. The minimum Gasteiger partial charge on any atom is -0.361 e. The van der Waals surface area contributed by atoms with Crippen LogP contribution >= 0.6 is 0 Å². The van der Waals surface area contributed by atoms with Gasteiger partial charge in [0.2, 0.25) is 0 Å². The van der Waals surface area contributed by atoms with Crippen LogP contribution in [0, 0.1) is 0 Å². The Morgan fingerprint density at radius 1 is 1.00 bits per heavy atom. The number of hydrogen-bond donors (Lipinski definition) is 1. The maximum absolute atomic E-state index is 5.92. The molecule has 2 heterocycles. The van der Waals surface area contributed by atoms with Crippen LogP contribution in [0.5, 0.6) is 0 Å². The molecule has 1 aromatic heterocycles. The summed E-state index contributed by atoms with van der Waals surface area (Å²) in [6.07, 6.45) is 1.92. The average molecular weight is 246 g/mol. The molecular weight excluding hydrogens is 228 g/mol. The first kappa shape index (κ1) is 11.6. The normalized spacial score (nSPS) is 21.7. The monoisotopic (exact) mass is 246 g/mol. The van der Waals surface area contributed by atoms with Gasteiger partial charge in [0.15, 0.2) is 0 Å². The summed E-state index contributed by atoms with van der Waals surface area (Å²) in [4.78, 5) is 15.0. The number of hydrogen-bond acceptors (Lipinski definition) is 3. The van der Waals surface area contributed by atoms with E-state index < -0.39 is 0 Å². The number of H-pyrrole nitrogens is 1. The van der Waals surface area contributed by atoms with Crippen molar-refractivity contribution in [2.45, 2.75) is 38.9 Å². The molecule has 18 heavy (non-hydrogen) atoms. The summed E-state index contributed by atoms with van der Waals surface area (Å²) in [5.41, 5.74) is 1.26. The third kappa shape index (κ3) is 1.53. The largest absolute Gasteiger partial charge is 0.361 e. The van der Waals surface area contributed by atoms with Crippen LogP contribution in [0.1, 0.15) is 27.7 Å². The van der Waals surface area contributed by atoms with Crippen molar-refractivity contribution in [3.05, 3.63) is 30.5 Å². The van der Waals surface area contributed by atoms with E-state index in [-0.39, 0.29) is 11.2 Å². The lowest BCUT2D eigenvalue weighted by Gasteiger charge is -2.26. The molecular formula is C14H18N2O2. The van der Waals surface area contributed by atoms with Crippen LogP contribution in [0.3, 0.4) is 0 Å². The number of rotatable bonds is 1. The van der Waals surface area contributed by atoms with E-state index in [0.717, 1.165) is 16.6 Å². The van der Waals surface area contributed by atoms with Crippen molar-refractivity contribution >= 4 is 16.6 Å². The van der Waals surface area contributed by atoms with Crippen LogP contribution in [0.15, 0.2) is 30.5 Å². The fraction of sp³-hybridized carbons (Fsp3) is 0.429. The second-order valence-corrected chi connectivity index (χ2v) is 5.68. The molecule has 0 spiro atoms. The van der Waals surface area contributed by atoms with Crippen molar-refractivity contribution in [3.63, 3.8) is 0 Å². The smallest absolute Gasteiger partial charge is 0.124 e. The third-order valence-electron chi connectivity index (χ3n) is 3.84. The van der Waals surface area contributed by atoms with E-state index in [1.165, 1.54) is 5.23 Å². The number of aromatic amines is 1. The summed E-state index contributed by atoms with van der Waals surface area (Å²) in [5, 5.41) is 2.63. The zero-order valence-electron chi connectivity index (χ0n) is 11.2. The Labute approximate surface area is 106 Å². The van der Waals surface area contributed by atoms with Gasteiger partial charge in [-0.15, -0.1) is 5.23 Å². The van der Waals surface area contributed by atoms with Crippen LogP contribution in [0.25, 0.3) is 10.9 Å². The Morgan fingerprint density at radius 2 is 1.67 bits per heavy atom. The number of fused-ring (bicyclic) bond motifs is 1. The van der Waals surface area contributed by atoms with Crippen LogP contribution in [0.4, 0.5) is 5.69 Å². The zero-order chi connectivity index (χ0) is 13.0. The summed E-state index contributed by atoms with van der Waals surface area (Å²) in [7, 11) is 0. The van der Waals surface area contributed by atoms with Gasteiger partial charge < -0.3 is 4.98 Å². The standard InChI is InChI=1S/C14H18N2O2/c1-13(2)14(3,4)18-16(17-13)12-7-5-6-11-10(12)8-9-15-11/h5-9,15H,1-4H3. The highest BCUT2D eigenvalue weighted by molar-refractivity contribution is 5.91. The number of benzene rings is 1. The second-order valence-electron chi connectivity index (χ2n) is 5.68. The lowest BCUT2D eigenvalue weighted by molar-refractivity contribution is -0.0266. The van der Waals surface area contributed by atoms with Gasteiger partial charge in [-0.2, -0.15) is 0 Å². The molecule has 0 saturated carbocycles. The summed E-state index contributed by atoms with van der Waals surface area (Å²) in [5.74, 6) is 0. The van der Waals surface area contributed by atoms with Crippen LogP contribution in [0.2, 0.25) is 0 Å². The van der Waals surface area contributed by atoms with Gasteiger partial charge >= 0.3 is 0 Å². The average Bonchev–Trinajstić information content (AvgIpc) is 2.81. The Balaban J connectivity index is 2.05. The molecule has 1 saturated heterocycles. The molecule has 1 fully saturated rings. The number of nitrogens with zero attached hydrogens (tertiary/aromatic N) is 1. The minimum atomic E-state index is -0.370. The molecule has 96 valence electrons. The maximum atomic E-state index is 5.92. The van der Waals surface area contributed by atoms with Gasteiger partial charge in [-0.25, -0.2) is 9.68 Å². The predicted molar refractivity (Wildman–Crippen MR) is 71.1 cm³/mol. The fourth-order valence-corrected chi connectivity index (χ4v) is 1.98. The highest BCUT2D eigenvalue weighted by atomic mass is 17.0. The second kappa shape index (κ2) is 3.49. The number of anilines is 1. The third-order valence-corrected chi connectivity index (χ3v) is 3.84. The molecule has 1 aliphatic rings. The van der Waals surface area contributed by atoms with Crippen molar-refractivity contribution in [2.75, 3.05) is 5.23 Å². The molecule has 1 aromatic carbocycles. The molecule has 3 rings (SSSR count). The van der Waals surface area contributed by atoms with E-state index in [1.807, 2.05) is 58.2 Å². The Kier molecular flexibility index (Phi) is 2.24. The molecule has 0 unspecified atom stereocenters. The highest BCUT2D eigenvalue weighted by Crippen LogP contribution is 2.41. The van der Waals surface area contributed by atoms with Crippen LogP contribution in [-0.2, 0) is 9.68 Å². The molecule has 4 heteroatoms. The van der Waals surface area contributed by atoms with Gasteiger partial charge in [-0.05, 0) is 45.9 Å². The first-order valence-corrected chi connectivity index (χ1v) is 6.15. The summed E-state index contributed by atoms with van der Waals surface area (Å²) >= 11 is 0. The lowest BCUT2D eigenvalue weighted by Crippen LogP contribution is -2.41. The van der Waals surface area contributed by atoms with Crippen LogP contribution in [-0.4, -0.2) is 16.2 Å². The lowest BCUT2D eigenvalue weighted by atomic mass is 9.90. The van der Waals surface area contributed by atoms with Crippen LogP contribution < -0.4 is 5.23 Å². The van der Waals surface area contributed by atoms with E-state index in [2.05, 4.69) is 4.98 Å². The van der Waals surface area contributed by atoms with Gasteiger partial charge in [-0.1, -0.05) is 6.07 Å². The minimum absolute atomic E-state index is 0.370. The van der Waals surface area contributed by atoms with Gasteiger partial charge in [0.1, 0.15) is 16.9 Å². The first-order valence-electron chi connectivity index (χ1n) is 6.15. The molecule has 0 atom stereocenters. The molecule has 1 aliphatic heterocycles. The predicted octanol–water partition coefficient (Wildman–Crippen LogP) is 3.41. The van der Waals surface area contributed by atoms with E-state index in [9.17, 15) is 0 Å². The molecule has 0 radical (unpaired) electrons. The molecule has 1 N–H and O–H groups in total. The number of nitrogens with one attached hydrogen (secondary N) is 1. The molecule has 0 bridgehead atoms. The topological polar surface area (TPSA) is 37.5 Å². The summed E-state index contributed by atoms with van der Waals surface area (Å²) in [6.45, 7) is 8.13. The first-order chi connectivity index (χ1) is 8.41. The van der Waals surface area contributed by atoms with Gasteiger partial charge in [-0.3, -0.25) is 0 Å². The summed E-state index contributed by atoms with van der Waals surface area (Å²) in [6, 6.07) is 8.04. The highest BCUT2D eigenvalue weighted by Gasteiger charge is 2.50. The maximum Gasteiger partial charge on any atom is 0.124 e. The SMILES string of the molecule is CC1(C)ON(c2cccc3[nH]ccc23)OC1(C)C. The molecule has 2 aromatic rings. The summed E-state index contributed by atoms with van der Waals surface area (Å²) < 4.78 is 0. The van der Waals surface area contributed by atoms with Crippen molar-refractivity contribution in [2.24, 2.45) is 0 Å². The Hall–Kier alpha value is -1.52. The van der Waals surface area contributed by atoms with E-state index >= 15 is 0 Å². The van der Waals surface area contributed by atoms with Crippen molar-refractivity contribution in [1.82, 2.24) is 4.98 Å². The van der Waals surface area contributed by atoms with Gasteiger partial charge in [0, 0.05) is 17.1 Å². The molecule has 0 aliphatic carbocycles. The molecule has 4 nitrogen and oxygen atoms in total. The van der Waals surface area contributed by atoms with Gasteiger partial charge in [0.25, 0.3) is 0 Å². The van der Waals surface area contributed by atoms with E-state index in [4.69, 9.17) is 9.68 Å². The van der Waals surface area contributed by atoms with Crippen molar-refractivity contribution in [1.29, 1.82) is 0 Å². The number of aromatic nitrogens is 1. The van der Waals surface area contributed by atoms with Gasteiger partial charge in [0.05, 0.1) is 0 Å². The quantitative estimate of drug-likeness (QED) is 0.837.